The van der Waals surface area contributed by atoms with E-state index < -0.39 is 18.0 Å². The van der Waals surface area contributed by atoms with Crippen LogP contribution in [0, 0.1) is 13.8 Å². The van der Waals surface area contributed by atoms with Gasteiger partial charge >= 0.3 is 5.97 Å². The molecule has 2 aromatic carbocycles. The third-order valence-corrected chi connectivity index (χ3v) is 4.84. The number of nitrogens with one attached hydrogen (secondary N) is 1. The second-order valence-electron chi connectivity index (χ2n) is 7.28. The van der Waals surface area contributed by atoms with Crippen LogP contribution in [0.5, 0.6) is 0 Å². The van der Waals surface area contributed by atoms with Gasteiger partial charge in [0.15, 0.2) is 5.78 Å². The van der Waals surface area contributed by atoms with Gasteiger partial charge in [0.2, 0.25) is 6.10 Å². The Kier molecular flexibility index (Phi) is 6.16. The highest BCUT2D eigenvalue weighted by Crippen LogP contribution is 2.24. The van der Waals surface area contributed by atoms with Crippen molar-refractivity contribution in [1.82, 2.24) is 4.57 Å². The number of hydrogen-bond acceptors (Lipinski definition) is 4. The lowest BCUT2D eigenvalue weighted by Gasteiger charge is -2.19. The molecule has 0 bridgehead atoms. The van der Waals surface area contributed by atoms with E-state index in [1.54, 1.807) is 37.5 Å². The van der Waals surface area contributed by atoms with Gasteiger partial charge in [0.1, 0.15) is 5.69 Å². The number of Topliss-reactive ketones (excluding diaryl/α,β-unsaturated/α-hetero) is 1. The Balaban J connectivity index is 1.90. The maximum atomic E-state index is 13.1. The number of rotatable bonds is 6. The monoisotopic (exact) mass is 404 g/mol. The van der Waals surface area contributed by atoms with E-state index in [1.807, 2.05) is 38.1 Å². The lowest BCUT2D eigenvalue weighted by atomic mass is 10.1. The quantitative estimate of drug-likeness (QED) is 0.489. The number of aryl methyl sites for hydroxylation is 3. The van der Waals surface area contributed by atoms with Gasteiger partial charge in [-0.05, 0) is 44.0 Å². The normalized spacial score (nSPS) is 11.6. The van der Waals surface area contributed by atoms with Crippen molar-refractivity contribution in [3.8, 4) is 0 Å². The molecule has 1 atom stereocenters. The molecule has 0 saturated carbocycles. The molecule has 0 saturated heterocycles. The summed E-state index contributed by atoms with van der Waals surface area (Å²) in [6.07, 6.45) is 0.418. The molecular formula is C24H24N2O4. The van der Waals surface area contributed by atoms with Gasteiger partial charge in [-0.25, -0.2) is 4.79 Å². The molecule has 0 spiro atoms. The van der Waals surface area contributed by atoms with Gasteiger partial charge in [-0.15, -0.1) is 0 Å². The summed E-state index contributed by atoms with van der Waals surface area (Å²) in [5.74, 6) is -1.30. The van der Waals surface area contributed by atoms with Crippen LogP contribution in [0.15, 0.2) is 60.8 Å². The van der Waals surface area contributed by atoms with Crippen molar-refractivity contribution in [2.45, 2.75) is 26.9 Å². The predicted molar refractivity (Wildman–Crippen MR) is 115 cm³/mol. The Hall–Kier alpha value is -3.67. The highest BCUT2D eigenvalue weighted by atomic mass is 16.5. The van der Waals surface area contributed by atoms with Crippen molar-refractivity contribution in [3.05, 3.63) is 88.7 Å². The van der Waals surface area contributed by atoms with Crippen molar-refractivity contribution in [2.75, 3.05) is 5.32 Å². The number of hydrogen-bond donors (Lipinski definition) is 1. The summed E-state index contributed by atoms with van der Waals surface area (Å²) in [5, 5.41) is 2.87. The van der Waals surface area contributed by atoms with Crippen LogP contribution in [0.1, 0.15) is 50.6 Å². The van der Waals surface area contributed by atoms with Crippen molar-refractivity contribution in [2.24, 2.45) is 7.05 Å². The zero-order valence-electron chi connectivity index (χ0n) is 17.4. The van der Waals surface area contributed by atoms with Crippen LogP contribution < -0.4 is 5.32 Å². The Morgan fingerprint density at radius 3 is 2.33 bits per heavy atom. The first-order valence-electron chi connectivity index (χ1n) is 9.57. The number of carbonyl (C=O) groups excluding carboxylic acids is 3. The first kappa shape index (κ1) is 21.0. The van der Waals surface area contributed by atoms with Crippen LogP contribution >= 0.6 is 0 Å². The molecule has 3 aromatic rings. The molecule has 0 aliphatic carbocycles. The summed E-state index contributed by atoms with van der Waals surface area (Å²) < 4.78 is 7.14. The molecule has 1 amide bonds. The fraction of sp³-hybridized carbons (Fsp3) is 0.208. The third-order valence-electron chi connectivity index (χ3n) is 4.84. The van der Waals surface area contributed by atoms with E-state index >= 15 is 0 Å². The number of ether oxygens (including phenoxy) is 1. The molecule has 0 aliphatic rings. The first-order valence-corrected chi connectivity index (χ1v) is 9.57. The van der Waals surface area contributed by atoms with Gasteiger partial charge in [-0.2, -0.15) is 0 Å². The van der Waals surface area contributed by atoms with E-state index in [-0.39, 0.29) is 11.5 Å². The van der Waals surface area contributed by atoms with E-state index in [9.17, 15) is 14.4 Å². The molecule has 154 valence electrons. The minimum atomic E-state index is -1.14. The topological polar surface area (TPSA) is 77.4 Å². The van der Waals surface area contributed by atoms with Gasteiger partial charge < -0.3 is 14.6 Å². The number of benzene rings is 2. The summed E-state index contributed by atoms with van der Waals surface area (Å²) in [6, 6.07) is 16.0. The van der Waals surface area contributed by atoms with Gasteiger partial charge in [0, 0.05) is 30.1 Å². The SMILES string of the molecule is CC(=O)c1cc(C(=O)O[C@@H](C(=O)Nc2cc(C)ccc2C)c2ccccc2)n(C)c1. The first-order chi connectivity index (χ1) is 14.3. The van der Waals surface area contributed by atoms with Gasteiger partial charge in [-0.3, -0.25) is 9.59 Å². The smallest absolute Gasteiger partial charge is 0.356 e. The van der Waals surface area contributed by atoms with Crippen molar-refractivity contribution in [3.63, 3.8) is 0 Å². The molecule has 1 heterocycles. The number of anilines is 1. The summed E-state index contributed by atoms with van der Waals surface area (Å²) in [6.45, 7) is 5.26. The van der Waals surface area contributed by atoms with Gasteiger partial charge in [0.05, 0.1) is 0 Å². The maximum absolute atomic E-state index is 13.1. The molecule has 0 fully saturated rings. The second kappa shape index (κ2) is 8.78. The molecule has 0 unspecified atom stereocenters. The Labute approximate surface area is 175 Å². The van der Waals surface area contributed by atoms with Crippen LogP contribution in [-0.4, -0.2) is 22.2 Å². The molecule has 1 aromatic heterocycles. The molecule has 30 heavy (non-hydrogen) atoms. The second-order valence-corrected chi connectivity index (χ2v) is 7.28. The summed E-state index contributed by atoms with van der Waals surface area (Å²) >= 11 is 0. The molecule has 0 radical (unpaired) electrons. The van der Waals surface area contributed by atoms with Crippen LogP contribution in [0.4, 0.5) is 5.69 Å². The fourth-order valence-corrected chi connectivity index (χ4v) is 3.10. The molecule has 3 rings (SSSR count). The largest absolute Gasteiger partial charge is 0.443 e. The molecular weight excluding hydrogens is 380 g/mol. The predicted octanol–water partition coefficient (Wildman–Crippen LogP) is 4.38. The minimum absolute atomic E-state index is 0.156. The average molecular weight is 404 g/mol. The Morgan fingerprint density at radius 2 is 1.70 bits per heavy atom. The Morgan fingerprint density at radius 1 is 1.00 bits per heavy atom. The standard InChI is InChI=1S/C24H24N2O4/c1-15-10-11-16(2)20(12-15)25-23(28)22(18-8-6-5-7-9-18)30-24(29)21-13-19(17(3)27)14-26(21)4/h5-14,22H,1-4H3,(H,25,28)/t22-/m1/s1. The van der Waals surface area contributed by atoms with E-state index in [0.29, 0.717) is 16.8 Å². The van der Waals surface area contributed by atoms with Crippen molar-refractivity contribution >= 4 is 23.3 Å². The van der Waals surface area contributed by atoms with E-state index in [2.05, 4.69) is 5.32 Å². The van der Waals surface area contributed by atoms with E-state index in [0.717, 1.165) is 11.1 Å². The molecule has 1 N–H and O–H groups in total. The number of esters is 1. The number of nitrogens with zero attached hydrogens (tertiary/aromatic N) is 1. The number of aromatic nitrogens is 1. The lowest BCUT2D eigenvalue weighted by Crippen LogP contribution is -2.26. The number of amides is 1. The minimum Gasteiger partial charge on any atom is -0.443 e. The van der Waals surface area contributed by atoms with Gasteiger partial charge in [0.25, 0.3) is 5.91 Å². The summed E-state index contributed by atoms with van der Waals surface area (Å²) in [7, 11) is 1.65. The van der Waals surface area contributed by atoms with Crippen LogP contribution in [0.3, 0.4) is 0 Å². The van der Waals surface area contributed by atoms with Gasteiger partial charge in [-0.1, -0.05) is 42.5 Å². The number of ketones is 1. The highest BCUT2D eigenvalue weighted by Gasteiger charge is 2.27. The average Bonchev–Trinajstić information content (AvgIpc) is 3.11. The third kappa shape index (κ3) is 4.66. The Bertz CT molecular complexity index is 1100. The summed E-state index contributed by atoms with van der Waals surface area (Å²) in [5.41, 5.74) is 3.72. The zero-order valence-corrected chi connectivity index (χ0v) is 17.4. The fourth-order valence-electron chi connectivity index (χ4n) is 3.10. The van der Waals surface area contributed by atoms with Crippen LogP contribution in [0.2, 0.25) is 0 Å². The molecule has 6 nitrogen and oxygen atoms in total. The lowest BCUT2D eigenvalue weighted by molar-refractivity contribution is -0.125. The van der Waals surface area contributed by atoms with Crippen LogP contribution in [0.25, 0.3) is 0 Å². The van der Waals surface area contributed by atoms with Crippen LogP contribution in [-0.2, 0) is 16.6 Å². The maximum Gasteiger partial charge on any atom is 0.356 e. The number of carbonyl (C=O) groups is 3. The van der Waals surface area contributed by atoms with E-state index in [4.69, 9.17) is 4.74 Å². The van der Waals surface area contributed by atoms with E-state index in [1.165, 1.54) is 17.6 Å². The molecule has 0 aliphatic heterocycles. The zero-order chi connectivity index (χ0) is 21.8. The molecule has 6 heteroatoms. The summed E-state index contributed by atoms with van der Waals surface area (Å²) in [4.78, 5) is 37.5. The van der Waals surface area contributed by atoms with Crippen molar-refractivity contribution < 1.29 is 19.1 Å². The highest BCUT2D eigenvalue weighted by molar-refractivity contribution is 6.00. The van der Waals surface area contributed by atoms with Crippen molar-refractivity contribution in [1.29, 1.82) is 0 Å².